The molecule has 0 atom stereocenters. The summed E-state index contributed by atoms with van der Waals surface area (Å²) in [7, 11) is 0. The zero-order chi connectivity index (χ0) is 4.12. The minimum absolute atomic E-state index is 0.198. The molecule has 0 aliphatic rings. The van der Waals surface area contributed by atoms with Crippen molar-refractivity contribution in [3.8, 4) is 0 Å². The van der Waals surface area contributed by atoms with Gasteiger partial charge in [0.05, 0.1) is 12.8 Å². The molecule has 0 spiro atoms. The van der Waals surface area contributed by atoms with Crippen LogP contribution in [0.15, 0.2) is 5.16 Å². The molecule has 3 heteroatoms. The predicted molar refractivity (Wildman–Crippen MR) is 17.4 cm³/mol. The normalized spacial score (nSPS) is 9.80. The lowest BCUT2D eigenvalue weighted by Gasteiger charge is -1.65. The molecule has 0 rings (SSSR count). The molecule has 0 saturated heterocycles. The highest BCUT2D eigenvalue weighted by molar-refractivity contribution is 5.56. The van der Waals surface area contributed by atoms with Crippen LogP contribution in [0.1, 0.15) is 0 Å². The lowest BCUT2D eigenvalue weighted by molar-refractivity contribution is 0.308. The van der Waals surface area contributed by atoms with Gasteiger partial charge in [0.1, 0.15) is 0 Å². The van der Waals surface area contributed by atoms with Crippen molar-refractivity contribution >= 4 is 6.21 Å². The third kappa shape index (κ3) is 3.43. The van der Waals surface area contributed by atoms with Gasteiger partial charge in [0.15, 0.2) is 0 Å². The van der Waals surface area contributed by atoms with Gasteiger partial charge in [0, 0.05) is 0 Å². The Hall–Kier alpha value is -0.570. The van der Waals surface area contributed by atoms with E-state index in [9.17, 15) is 0 Å². The molecule has 5 heavy (non-hydrogen) atoms. The zero-order valence-corrected chi connectivity index (χ0v) is 2.63. The summed E-state index contributed by atoms with van der Waals surface area (Å²) in [6, 6.07) is 0. The van der Waals surface area contributed by atoms with E-state index in [1.54, 1.807) is 0 Å². The summed E-state index contributed by atoms with van der Waals surface area (Å²) in [5.41, 5.74) is 0. The molecular weight excluding hydrogens is 70.0 g/mol. The van der Waals surface area contributed by atoms with Gasteiger partial charge in [-0.3, -0.25) is 0 Å². The van der Waals surface area contributed by atoms with Crippen molar-refractivity contribution in [3.05, 3.63) is 0 Å². The summed E-state index contributed by atoms with van der Waals surface area (Å²) in [6.07, 6.45) is 0.986. The van der Waals surface area contributed by atoms with Gasteiger partial charge in [-0.25, -0.2) is 0 Å². The van der Waals surface area contributed by atoms with Crippen molar-refractivity contribution in [2.24, 2.45) is 5.16 Å². The fourth-order valence-electron chi connectivity index (χ4n) is 0.0365. The molecular formula is C2H5NO2. The number of aliphatic hydroxyl groups excluding tert-OH is 1. The number of aliphatic hydroxyl groups is 1. The molecule has 30 valence electrons. The van der Waals surface area contributed by atoms with Gasteiger partial charge in [-0.1, -0.05) is 5.16 Å². The lowest BCUT2D eigenvalue weighted by Crippen LogP contribution is -1.78. The standard InChI is InChI=1S/C2H5NO2/c4-2-1-3-5/h1,4-5H,2H2. The Bertz CT molecular complexity index is 34.6. The summed E-state index contributed by atoms with van der Waals surface area (Å²) in [5, 5.41) is 17.7. The number of rotatable bonds is 1. The molecule has 0 aliphatic carbocycles. The third-order valence-electron chi connectivity index (χ3n) is 0.163. The molecule has 0 fully saturated rings. The van der Waals surface area contributed by atoms with E-state index >= 15 is 0 Å². The van der Waals surface area contributed by atoms with E-state index < -0.39 is 0 Å². The fourth-order valence-corrected chi connectivity index (χ4v) is 0.0365. The average molecular weight is 75.1 g/mol. The second-order valence-electron chi connectivity index (χ2n) is 0.481. The number of hydrogen-bond donors (Lipinski definition) is 2. The van der Waals surface area contributed by atoms with E-state index in [2.05, 4.69) is 5.16 Å². The maximum absolute atomic E-state index is 7.76. The van der Waals surface area contributed by atoms with E-state index in [1.165, 1.54) is 0 Å². The molecule has 0 aromatic carbocycles. The van der Waals surface area contributed by atoms with Gasteiger partial charge >= 0.3 is 0 Å². The van der Waals surface area contributed by atoms with Gasteiger partial charge < -0.3 is 10.3 Å². The highest BCUT2D eigenvalue weighted by atomic mass is 16.4. The average Bonchev–Trinajstić information content (AvgIpc) is 1.41. The van der Waals surface area contributed by atoms with Crippen molar-refractivity contribution in [2.75, 3.05) is 6.61 Å². The van der Waals surface area contributed by atoms with Crippen LogP contribution in [0.5, 0.6) is 0 Å². The first-order valence-electron chi connectivity index (χ1n) is 1.18. The SMILES string of the molecule is OCC=NO. The number of nitrogens with zero attached hydrogens (tertiary/aromatic N) is 1. The molecule has 0 unspecified atom stereocenters. The van der Waals surface area contributed by atoms with Gasteiger partial charge in [0.2, 0.25) is 0 Å². The number of hydrogen-bond acceptors (Lipinski definition) is 3. The first-order valence-corrected chi connectivity index (χ1v) is 1.18. The largest absolute Gasteiger partial charge is 0.411 e. The molecule has 0 aromatic heterocycles. The second kappa shape index (κ2) is 3.43. The molecule has 0 heterocycles. The smallest absolute Gasteiger partial charge is 0.0817 e. The fraction of sp³-hybridized carbons (Fsp3) is 0.500. The van der Waals surface area contributed by atoms with Crippen LogP contribution in [0.4, 0.5) is 0 Å². The van der Waals surface area contributed by atoms with Crippen LogP contribution in [0, 0.1) is 0 Å². The molecule has 0 bridgehead atoms. The number of oxime groups is 1. The molecule has 0 saturated carbocycles. The summed E-state index contributed by atoms with van der Waals surface area (Å²) in [4.78, 5) is 0. The Kier molecular flexibility index (Phi) is 3.04. The second-order valence-corrected chi connectivity index (χ2v) is 0.481. The van der Waals surface area contributed by atoms with Crippen LogP contribution in [0.25, 0.3) is 0 Å². The monoisotopic (exact) mass is 75.0 g/mol. The van der Waals surface area contributed by atoms with Crippen LogP contribution >= 0.6 is 0 Å². The molecule has 0 amide bonds. The Morgan fingerprint density at radius 3 is 2.40 bits per heavy atom. The highest BCUT2D eigenvalue weighted by Gasteiger charge is 1.55. The van der Waals surface area contributed by atoms with Crippen LogP contribution in [0.3, 0.4) is 0 Å². The van der Waals surface area contributed by atoms with Crippen molar-refractivity contribution in [2.45, 2.75) is 0 Å². The Morgan fingerprint density at radius 1 is 1.80 bits per heavy atom. The van der Waals surface area contributed by atoms with Gasteiger partial charge in [-0.15, -0.1) is 0 Å². The van der Waals surface area contributed by atoms with Gasteiger partial charge in [-0.2, -0.15) is 0 Å². The Balaban J connectivity index is 2.62. The first kappa shape index (κ1) is 4.43. The molecule has 0 radical (unpaired) electrons. The topological polar surface area (TPSA) is 52.8 Å². The summed E-state index contributed by atoms with van der Waals surface area (Å²) in [6.45, 7) is -0.198. The maximum atomic E-state index is 7.76. The van der Waals surface area contributed by atoms with Crippen molar-refractivity contribution in [1.82, 2.24) is 0 Å². The van der Waals surface area contributed by atoms with E-state index in [4.69, 9.17) is 10.3 Å². The minimum atomic E-state index is -0.198. The van der Waals surface area contributed by atoms with E-state index in [0.717, 1.165) is 6.21 Å². The maximum Gasteiger partial charge on any atom is 0.0817 e. The Morgan fingerprint density at radius 2 is 2.40 bits per heavy atom. The van der Waals surface area contributed by atoms with Gasteiger partial charge in [0.25, 0.3) is 0 Å². The third-order valence-corrected chi connectivity index (χ3v) is 0.163. The van der Waals surface area contributed by atoms with Crippen molar-refractivity contribution in [3.63, 3.8) is 0 Å². The zero-order valence-electron chi connectivity index (χ0n) is 2.63. The minimum Gasteiger partial charge on any atom is -0.411 e. The van der Waals surface area contributed by atoms with Crippen molar-refractivity contribution in [1.29, 1.82) is 0 Å². The summed E-state index contributed by atoms with van der Waals surface area (Å²) >= 11 is 0. The van der Waals surface area contributed by atoms with Crippen LogP contribution in [-0.4, -0.2) is 23.1 Å². The Labute approximate surface area is 29.5 Å². The summed E-state index contributed by atoms with van der Waals surface area (Å²) < 4.78 is 0. The van der Waals surface area contributed by atoms with Crippen LogP contribution in [-0.2, 0) is 0 Å². The quantitative estimate of drug-likeness (QED) is 0.249. The van der Waals surface area contributed by atoms with Crippen molar-refractivity contribution < 1.29 is 10.3 Å². The molecule has 0 aromatic rings. The van der Waals surface area contributed by atoms with E-state index in [1.807, 2.05) is 0 Å². The van der Waals surface area contributed by atoms with E-state index in [0.29, 0.717) is 0 Å². The van der Waals surface area contributed by atoms with Crippen LogP contribution in [0.2, 0.25) is 0 Å². The predicted octanol–water partition coefficient (Wildman–Crippen LogP) is -0.561. The molecule has 3 nitrogen and oxygen atoms in total. The van der Waals surface area contributed by atoms with E-state index in [-0.39, 0.29) is 6.61 Å². The van der Waals surface area contributed by atoms with Gasteiger partial charge in [-0.05, 0) is 0 Å². The lowest BCUT2D eigenvalue weighted by atomic mass is 10.8. The first-order chi connectivity index (χ1) is 2.41. The summed E-state index contributed by atoms with van der Waals surface area (Å²) in [5.74, 6) is 0. The van der Waals surface area contributed by atoms with Crippen LogP contribution < -0.4 is 0 Å². The highest BCUT2D eigenvalue weighted by Crippen LogP contribution is 1.43. The molecule has 0 aliphatic heterocycles. The molecule has 2 N–H and O–H groups in total.